The molecule has 0 fully saturated rings. The number of hydrogen-bond donors (Lipinski definition) is 1. The molecule has 0 aliphatic carbocycles. The highest BCUT2D eigenvalue weighted by molar-refractivity contribution is 6.05. The van der Waals surface area contributed by atoms with Crippen LogP contribution in [-0.4, -0.2) is 17.9 Å². The number of nitrogens with zero attached hydrogens (tertiary/aromatic N) is 2. The number of benzene rings is 2. The highest BCUT2D eigenvalue weighted by Gasteiger charge is 2.13. The lowest BCUT2D eigenvalue weighted by atomic mass is 10.0. The molecule has 0 saturated carbocycles. The van der Waals surface area contributed by atoms with E-state index < -0.39 is 0 Å². The van der Waals surface area contributed by atoms with Crippen LogP contribution in [0, 0.1) is 0 Å². The molecule has 0 aliphatic heterocycles. The van der Waals surface area contributed by atoms with E-state index >= 15 is 0 Å². The first kappa shape index (κ1) is 18.6. The summed E-state index contributed by atoms with van der Waals surface area (Å²) in [5.41, 5.74) is 3.77. The minimum absolute atomic E-state index is 0.125. The number of nitrogens with one attached hydrogen (secondary N) is 1. The summed E-state index contributed by atoms with van der Waals surface area (Å²) in [5, 5.41) is 3.04. The van der Waals surface area contributed by atoms with Crippen LogP contribution in [0.1, 0.15) is 41.3 Å². The van der Waals surface area contributed by atoms with E-state index in [1.54, 1.807) is 12.3 Å². The first-order valence-corrected chi connectivity index (χ1v) is 9.16. The number of aromatic nitrogens is 1. The third-order valence-corrected chi connectivity index (χ3v) is 4.49. The van der Waals surface area contributed by atoms with Gasteiger partial charge in [-0.15, -0.1) is 0 Å². The number of pyridine rings is 1. The average molecular weight is 359 g/mol. The van der Waals surface area contributed by atoms with Crippen molar-refractivity contribution in [3.63, 3.8) is 0 Å². The van der Waals surface area contributed by atoms with Gasteiger partial charge in [0.1, 0.15) is 5.82 Å². The molecule has 27 heavy (non-hydrogen) atoms. The van der Waals surface area contributed by atoms with Crippen LogP contribution in [0.3, 0.4) is 0 Å². The van der Waals surface area contributed by atoms with Crippen LogP contribution in [-0.2, 0) is 6.54 Å². The number of para-hydroxylation sites is 1. The van der Waals surface area contributed by atoms with E-state index in [4.69, 9.17) is 0 Å². The molecule has 1 N–H and O–H groups in total. The van der Waals surface area contributed by atoms with Crippen LogP contribution in [0.2, 0.25) is 0 Å². The summed E-state index contributed by atoms with van der Waals surface area (Å²) in [6, 6.07) is 21.7. The van der Waals surface area contributed by atoms with E-state index in [2.05, 4.69) is 36.3 Å². The maximum atomic E-state index is 12.8. The van der Waals surface area contributed by atoms with Crippen LogP contribution >= 0.6 is 0 Å². The lowest BCUT2D eigenvalue weighted by Crippen LogP contribution is -2.19. The zero-order valence-corrected chi connectivity index (χ0v) is 16.0. The average Bonchev–Trinajstić information content (AvgIpc) is 2.69. The summed E-state index contributed by atoms with van der Waals surface area (Å²) in [4.78, 5) is 19.2. The van der Waals surface area contributed by atoms with Gasteiger partial charge >= 0.3 is 0 Å². The molecule has 0 saturated heterocycles. The molecule has 4 nitrogen and oxygen atoms in total. The number of amides is 1. The Balaban J connectivity index is 1.76. The van der Waals surface area contributed by atoms with E-state index in [-0.39, 0.29) is 5.91 Å². The number of carbonyl (C=O) groups is 1. The number of anilines is 2. The van der Waals surface area contributed by atoms with Crippen LogP contribution in [0.15, 0.2) is 72.9 Å². The Morgan fingerprint density at radius 1 is 1.04 bits per heavy atom. The van der Waals surface area contributed by atoms with Gasteiger partial charge in [-0.05, 0) is 35.2 Å². The Kier molecular flexibility index (Phi) is 5.87. The molecular weight excluding hydrogens is 334 g/mol. The van der Waals surface area contributed by atoms with Crippen molar-refractivity contribution in [2.24, 2.45) is 0 Å². The van der Waals surface area contributed by atoms with Gasteiger partial charge in [0, 0.05) is 31.0 Å². The summed E-state index contributed by atoms with van der Waals surface area (Å²) in [6.45, 7) is 4.97. The van der Waals surface area contributed by atoms with Crippen LogP contribution in [0.25, 0.3) is 0 Å². The molecule has 3 rings (SSSR count). The molecular formula is C23H25N3O. The van der Waals surface area contributed by atoms with Gasteiger partial charge in [-0.3, -0.25) is 4.79 Å². The molecule has 0 bridgehead atoms. The molecule has 0 aliphatic rings. The first-order valence-electron chi connectivity index (χ1n) is 9.16. The topological polar surface area (TPSA) is 45.2 Å². The van der Waals surface area contributed by atoms with E-state index in [0.717, 1.165) is 23.6 Å². The Morgan fingerprint density at radius 2 is 1.74 bits per heavy atom. The summed E-state index contributed by atoms with van der Waals surface area (Å²) >= 11 is 0. The van der Waals surface area contributed by atoms with Crippen molar-refractivity contribution in [3.05, 3.63) is 89.6 Å². The summed E-state index contributed by atoms with van der Waals surface area (Å²) in [6.07, 6.45) is 1.68. The van der Waals surface area contributed by atoms with E-state index in [1.165, 1.54) is 5.56 Å². The van der Waals surface area contributed by atoms with Crippen LogP contribution in [0.4, 0.5) is 11.5 Å². The van der Waals surface area contributed by atoms with Crippen molar-refractivity contribution in [2.75, 3.05) is 17.3 Å². The predicted molar refractivity (Wildman–Crippen MR) is 111 cm³/mol. The number of carbonyl (C=O) groups excluding carboxylic acids is 1. The lowest BCUT2D eigenvalue weighted by molar-refractivity contribution is 0.102. The minimum Gasteiger partial charge on any atom is -0.355 e. The SMILES string of the molecule is CC(C)c1ccccc1NC(=O)c1ccnc(N(C)Cc2ccccc2)c1. The van der Waals surface area contributed by atoms with E-state index in [9.17, 15) is 4.79 Å². The highest BCUT2D eigenvalue weighted by Crippen LogP contribution is 2.24. The largest absolute Gasteiger partial charge is 0.355 e. The monoisotopic (exact) mass is 359 g/mol. The lowest BCUT2D eigenvalue weighted by Gasteiger charge is -2.19. The standard InChI is InChI=1S/C23H25N3O/c1-17(2)20-11-7-8-12-21(20)25-23(27)19-13-14-24-22(15-19)26(3)16-18-9-5-4-6-10-18/h4-15,17H,16H2,1-3H3,(H,25,27). The van der Waals surface area contributed by atoms with Gasteiger partial charge in [0.05, 0.1) is 0 Å². The van der Waals surface area contributed by atoms with Gasteiger partial charge in [0.15, 0.2) is 0 Å². The summed E-state index contributed by atoms with van der Waals surface area (Å²) in [5.74, 6) is 0.981. The normalized spacial score (nSPS) is 10.7. The smallest absolute Gasteiger partial charge is 0.255 e. The maximum Gasteiger partial charge on any atom is 0.255 e. The van der Waals surface area contributed by atoms with Crippen molar-refractivity contribution in [3.8, 4) is 0 Å². The number of hydrogen-bond acceptors (Lipinski definition) is 3. The van der Waals surface area contributed by atoms with Crippen LogP contribution < -0.4 is 10.2 Å². The molecule has 3 aromatic rings. The molecule has 0 atom stereocenters. The quantitative estimate of drug-likeness (QED) is 0.666. The van der Waals surface area contributed by atoms with Crippen LogP contribution in [0.5, 0.6) is 0 Å². The third-order valence-electron chi connectivity index (χ3n) is 4.49. The summed E-state index contributed by atoms with van der Waals surface area (Å²) < 4.78 is 0. The second-order valence-corrected chi connectivity index (χ2v) is 6.94. The minimum atomic E-state index is -0.125. The Morgan fingerprint density at radius 3 is 2.48 bits per heavy atom. The van der Waals surface area contributed by atoms with Crippen molar-refractivity contribution >= 4 is 17.4 Å². The van der Waals surface area contributed by atoms with Gasteiger partial charge in [0.25, 0.3) is 5.91 Å². The highest BCUT2D eigenvalue weighted by atomic mass is 16.1. The molecule has 1 aromatic heterocycles. The molecule has 1 amide bonds. The van der Waals surface area contributed by atoms with Crippen molar-refractivity contribution in [2.45, 2.75) is 26.3 Å². The third kappa shape index (κ3) is 4.73. The second kappa shape index (κ2) is 8.49. The Bertz CT molecular complexity index is 906. The number of rotatable bonds is 6. The fraction of sp³-hybridized carbons (Fsp3) is 0.217. The predicted octanol–water partition coefficient (Wildman–Crippen LogP) is 5.09. The fourth-order valence-corrected chi connectivity index (χ4v) is 3.02. The summed E-state index contributed by atoms with van der Waals surface area (Å²) in [7, 11) is 1.98. The van der Waals surface area contributed by atoms with Crippen molar-refractivity contribution in [1.82, 2.24) is 4.98 Å². The second-order valence-electron chi connectivity index (χ2n) is 6.94. The van der Waals surface area contributed by atoms with E-state index in [1.807, 2.05) is 60.5 Å². The van der Waals surface area contributed by atoms with Gasteiger partial charge < -0.3 is 10.2 Å². The molecule has 4 heteroatoms. The fourth-order valence-electron chi connectivity index (χ4n) is 3.02. The van der Waals surface area contributed by atoms with Gasteiger partial charge in [-0.2, -0.15) is 0 Å². The van der Waals surface area contributed by atoms with E-state index in [0.29, 0.717) is 11.5 Å². The molecule has 138 valence electrons. The van der Waals surface area contributed by atoms with Gasteiger partial charge in [0.2, 0.25) is 0 Å². The Hall–Kier alpha value is -3.14. The van der Waals surface area contributed by atoms with Crippen molar-refractivity contribution < 1.29 is 4.79 Å². The molecule has 0 radical (unpaired) electrons. The zero-order valence-electron chi connectivity index (χ0n) is 16.0. The molecule has 1 heterocycles. The maximum absolute atomic E-state index is 12.8. The first-order chi connectivity index (χ1) is 13.0. The van der Waals surface area contributed by atoms with Crippen molar-refractivity contribution in [1.29, 1.82) is 0 Å². The zero-order chi connectivity index (χ0) is 19.2. The Labute approximate surface area is 160 Å². The van der Waals surface area contributed by atoms with Gasteiger partial charge in [-0.1, -0.05) is 62.4 Å². The van der Waals surface area contributed by atoms with Gasteiger partial charge in [-0.25, -0.2) is 4.98 Å². The molecule has 0 unspecified atom stereocenters. The molecule has 2 aromatic carbocycles. The molecule has 0 spiro atoms.